The molecule has 0 unspecified atom stereocenters. The molecule has 148 valence electrons. The number of carbonyl (C=O) groups is 2. The third-order valence-corrected chi connectivity index (χ3v) is 4.18. The molecule has 1 atom stereocenters. The number of amides is 1. The summed E-state index contributed by atoms with van der Waals surface area (Å²) in [4.78, 5) is 24.9. The molecule has 1 fully saturated rings. The van der Waals surface area contributed by atoms with E-state index in [9.17, 15) is 14.7 Å². The predicted octanol–water partition coefficient (Wildman–Crippen LogP) is 4.06. The van der Waals surface area contributed by atoms with E-state index in [1.807, 2.05) is 19.9 Å². The molecule has 1 aliphatic rings. The van der Waals surface area contributed by atoms with Crippen molar-refractivity contribution in [2.45, 2.75) is 91.3 Å². The normalized spacial score (nSPS) is 16.2. The number of carboxylic acids is 1. The average molecular weight is 367 g/mol. The van der Waals surface area contributed by atoms with Crippen LogP contribution in [0.25, 0.3) is 0 Å². The van der Waals surface area contributed by atoms with Gasteiger partial charge in [-0.05, 0) is 60.5 Å². The monoisotopic (exact) mass is 367 g/mol. The number of hydrogen-bond acceptors (Lipinski definition) is 4. The fourth-order valence-electron chi connectivity index (χ4n) is 2.97. The zero-order chi connectivity index (χ0) is 19.9. The minimum absolute atomic E-state index is 0.0188. The number of rotatable bonds is 3. The number of hydrogen-bond donors (Lipinski definition) is 2. The number of carboxylic acid groups (broad SMARTS) is 1. The molecular weight excluding hydrogens is 334 g/mol. The second-order valence-electron chi connectivity index (χ2n) is 7.89. The summed E-state index contributed by atoms with van der Waals surface area (Å²) in [5.41, 5.74) is 1.57. The third-order valence-electron chi connectivity index (χ3n) is 4.18. The maximum absolute atomic E-state index is 12.2. The van der Waals surface area contributed by atoms with E-state index in [-0.39, 0.29) is 6.04 Å². The first-order valence-corrected chi connectivity index (χ1v) is 9.24. The van der Waals surface area contributed by atoms with Crippen molar-refractivity contribution < 1.29 is 19.4 Å². The second kappa shape index (κ2) is 9.59. The third kappa shape index (κ3) is 7.45. The Balaban J connectivity index is 0.000000401. The fraction of sp³-hybridized carbons (Fsp3) is 0.737. The van der Waals surface area contributed by atoms with Crippen molar-refractivity contribution in [2.75, 3.05) is 0 Å². The molecular formula is C19H33N3O4. The molecule has 1 amide bonds. The van der Waals surface area contributed by atoms with Crippen LogP contribution >= 0.6 is 0 Å². The van der Waals surface area contributed by atoms with E-state index in [1.54, 1.807) is 27.7 Å². The summed E-state index contributed by atoms with van der Waals surface area (Å²) in [6.07, 6.45) is 4.43. The number of aromatic nitrogens is 2. The Morgan fingerprint density at radius 3 is 2.19 bits per heavy atom. The van der Waals surface area contributed by atoms with E-state index in [4.69, 9.17) is 4.74 Å². The number of aryl methyl sites for hydroxylation is 2. The van der Waals surface area contributed by atoms with Crippen LogP contribution in [0.5, 0.6) is 0 Å². The average Bonchev–Trinajstić information content (AvgIpc) is 2.90. The van der Waals surface area contributed by atoms with Crippen LogP contribution in [-0.4, -0.2) is 50.0 Å². The minimum Gasteiger partial charge on any atom is -0.480 e. The van der Waals surface area contributed by atoms with Crippen molar-refractivity contribution in [1.82, 2.24) is 15.1 Å². The van der Waals surface area contributed by atoms with Crippen LogP contribution in [0.15, 0.2) is 6.07 Å². The number of aliphatic carboxylic acids is 1. The molecule has 0 aromatic carbocycles. The highest BCUT2D eigenvalue weighted by Crippen LogP contribution is 2.26. The van der Waals surface area contributed by atoms with Gasteiger partial charge in [0.05, 0.1) is 5.69 Å². The summed E-state index contributed by atoms with van der Waals surface area (Å²) in [5, 5.41) is 15.9. The SMILES string of the molecule is C[C@@H](C(=O)O)N(C(=O)OC(C)(C)C)C1CCCCC1.Cc1cc(C)[nH]n1. The van der Waals surface area contributed by atoms with Crippen LogP contribution in [0.2, 0.25) is 0 Å². The van der Waals surface area contributed by atoms with Crippen LogP contribution in [0.4, 0.5) is 4.79 Å². The summed E-state index contributed by atoms with van der Waals surface area (Å²) in [6, 6.07) is 1.13. The molecule has 7 heteroatoms. The van der Waals surface area contributed by atoms with Gasteiger partial charge >= 0.3 is 12.1 Å². The molecule has 0 saturated heterocycles. The van der Waals surface area contributed by atoms with Crippen molar-refractivity contribution in [3.8, 4) is 0 Å². The van der Waals surface area contributed by atoms with Crippen molar-refractivity contribution in [2.24, 2.45) is 0 Å². The standard InChI is InChI=1S/C14H25NO4.C5H8N2/c1-10(12(16)17)15(11-8-6-5-7-9-11)13(18)19-14(2,3)4;1-4-3-5(2)7-6-4/h10-11H,5-9H2,1-4H3,(H,16,17);3H,1-2H3,(H,6,7)/t10-;/m0./s1. The number of aromatic amines is 1. The lowest BCUT2D eigenvalue weighted by molar-refractivity contribution is -0.143. The molecule has 0 bridgehead atoms. The van der Waals surface area contributed by atoms with Crippen LogP contribution in [-0.2, 0) is 9.53 Å². The van der Waals surface area contributed by atoms with Gasteiger partial charge in [0, 0.05) is 11.7 Å². The number of carbonyl (C=O) groups excluding carboxylic acids is 1. The Labute approximate surface area is 156 Å². The van der Waals surface area contributed by atoms with Crippen molar-refractivity contribution >= 4 is 12.1 Å². The molecule has 0 aliphatic heterocycles. The Hall–Kier alpha value is -2.05. The van der Waals surface area contributed by atoms with Crippen LogP contribution in [0.1, 0.15) is 71.2 Å². The highest BCUT2D eigenvalue weighted by molar-refractivity contribution is 5.80. The summed E-state index contributed by atoms with van der Waals surface area (Å²) in [5.74, 6) is -0.989. The lowest BCUT2D eigenvalue weighted by Crippen LogP contribution is -2.51. The molecule has 1 aromatic rings. The van der Waals surface area contributed by atoms with Gasteiger partial charge in [0.2, 0.25) is 0 Å². The Kier molecular flexibility index (Phi) is 8.11. The highest BCUT2D eigenvalue weighted by Gasteiger charge is 2.35. The van der Waals surface area contributed by atoms with Crippen molar-refractivity contribution in [3.05, 3.63) is 17.5 Å². The largest absolute Gasteiger partial charge is 0.480 e. The number of nitrogens with zero attached hydrogens (tertiary/aromatic N) is 2. The predicted molar refractivity (Wildman–Crippen MR) is 100 cm³/mol. The molecule has 0 spiro atoms. The van der Waals surface area contributed by atoms with Gasteiger partial charge in [0.15, 0.2) is 0 Å². The second-order valence-corrected chi connectivity index (χ2v) is 7.89. The zero-order valence-corrected chi connectivity index (χ0v) is 16.8. The number of ether oxygens (including phenoxy) is 1. The van der Waals surface area contributed by atoms with E-state index in [0.29, 0.717) is 0 Å². The number of nitrogens with one attached hydrogen (secondary N) is 1. The Morgan fingerprint density at radius 2 is 1.85 bits per heavy atom. The summed E-state index contributed by atoms with van der Waals surface area (Å²) >= 11 is 0. The van der Waals surface area contributed by atoms with Gasteiger partial charge in [0.25, 0.3) is 0 Å². The van der Waals surface area contributed by atoms with Crippen LogP contribution in [0.3, 0.4) is 0 Å². The molecule has 7 nitrogen and oxygen atoms in total. The van der Waals surface area contributed by atoms with Gasteiger partial charge in [-0.1, -0.05) is 19.3 Å². The van der Waals surface area contributed by atoms with Crippen LogP contribution < -0.4 is 0 Å². The Bertz CT molecular complexity index is 569. The smallest absolute Gasteiger partial charge is 0.411 e. The molecule has 1 aromatic heterocycles. The molecule has 2 N–H and O–H groups in total. The van der Waals surface area contributed by atoms with Gasteiger partial charge < -0.3 is 9.84 Å². The molecule has 1 saturated carbocycles. The van der Waals surface area contributed by atoms with Gasteiger partial charge in [-0.2, -0.15) is 5.10 Å². The van der Waals surface area contributed by atoms with E-state index in [0.717, 1.165) is 43.5 Å². The van der Waals surface area contributed by atoms with Gasteiger partial charge in [0.1, 0.15) is 11.6 Å². The molecule has 1 aliphatic carbocycles. The molecule has 1 heterocycles. The molecule has 0 radical (unpaired) electrons. The summed E-state index contributed by atoms with van der Waals surface area (Å²) in [6.45, 7) is 10.9. The summed E-state index contributed by atoms with van der Waals surface area (Å²) in [7, 11) is 0. The maximum atomic E-state index is 12.2. The van der Waals surface area contributed by atoms with Crippen LogP contribution in [0, 0.1) is 13.8 Å². The first-order valence-electron chi connectivity index (χ1n) is 9.24. The zero-order valence-electron chi connectivity index (χ0n) is 16.8. The van der Waals surface area contributed by atoms with E-state index >= 15 is 0 Å². The van der Waals surface area contributed by atoms with E-state index < -0.39 is 23.7 Å². The lowest BCUT2D eigenvalue weighted by atomic mass is 9.93. The lowest BCUT2D eigenvalue weighted by Gasteiger charge is -2.37. The fourth-order valence-corrected chi connectivity index (χ4v) is 2.97. The van der Waals surface area contributed by atoms with Gasteiger partial charge in [-0.25, -0.2) is 9.59 Å². The van der Waals surface area contributed by atoms with Crippen molar-refractivity contribution in [1.29, 1.82) is 0 Å². The first-order chi connectivity index (χ1) is 12.0. The number of H-pyrrole nitrogens is 1. The van der Waals surface area contributed by atoms with E-state index in [1.165, 1.54) is 4.90 Å². The van der Waals surface area contributed by atoms with Crippen molar-refractivity contribution in [3.63, 3.8) is 0 Å². The Morgan fingerprint density at radius 1 is 1.27 bits per heavy atom. The van der Waals surface area contributed by atoms with Gasteiger partial charge in [-0.15, -0.1) is 0 Å². The topological polar surface area (TPSA) is 95.5 Å². The molecule has 26 heavy (non-hydrogen) atoms. The highest BCUT2D eigenvalue weighted by atomic mass is 16.6. The summed E-state index contributed by atoms with van der Waals surface area (Å²) < 4.78 is 5.35. The van der Waals surface area contributed by atoms with E-state index in [2.05, 4.69) is 10.2 Å². The maximum Gasteiger partial charge on any atom is 0.411 e. The first kappa shape index (κ1) is 22.0. The molecule has 2 rings (SSSR count). The minimum atomic E-state index is -0.989. The quantitative estimate of drug-likeness (QED) is 0.840. The van der Waals surface area contributed by atoms with Gasteiger partial charge in [-0.3, -0.25) is 10.00 Å².